The molecule has 0 amide bonds. The molecule has 0 fully saturated rings. The van der Waals surface area contributed by atoms with Crippen LogP contribution in [0.1, 0.15) is 25.6 Å². The molecule has 0 aliphatic carbocycles. The van der Waals surface area contributed by atoms with E-state index in [2.05, 4.69) is 21.4 Å². The Morgan fingerprint density at radius 1 is 1.38 bits per heavy atom. The molecule has 4 heteroatoms. The van der Waals surface area contributed by atoms with Gasteiger partial charge in [0, 0.05) is 25.5 Å². The Balaban J connectivity index is 2.24. The van der Waals surface area contributed by atoms with E-state index in [9.17, 15) is 0 Å². The minimum absolute atomic E-state index is 0.254. The van der Waals surface area contributed by atoms with Crippen LogP contribution >= 0.6 is 0 Å². The molecule has 0 unspecified atom stereocenters. The Kier molecular flexibility index (Phi) is 6.11. The number of imidazole rings is 1. The molecule has 0 saturated carbocycles. The number of aromatic nitrogens is 2. The third-order valence-corrected chi connectivity index (χ3v) is 2.75. The molecule has 0 spiro atoms. The minimum Gasteiger partial charge on any atom is -0.395 e. The molecule has 1 heterocycles. The predicted octanol–water partition coefficient (Wildman–Crippen LogP) is 1.29. The molecule has 0 atom stereocenters. The zero-order valence-electron chi connectivity index (χ0n) is 10.4. The van der Waals surface area contributed by atoms with E-state index in [1.165, 1.54) is 0 Å². The third-order valence-electron chi connectivity index (χ3n) is 2.75. The summed E-state index contributed by atoms with van der Waals surface area (Å²) >= 11 is 0. The largest absolute Gasteiger partial charge is 0.395 e. The van der Waals surface area contributed by atoms with Crippen LogP contribution < -0.4 is 0 Å². The van der Waals surface area contributed by atoms with Gasteiger partial charge in [-0.2, -0.15) is 0 Å². The average molecular weight is 225 g/mol. The minimum atomic E-state index is 0.254. The Hall–Kier alpha value is -0.870. The first-order valence-corrected chi connectivity index (χ1v) is 6.09. The highest BCUT2D eigenvalue weighted by Crippen LogP contribution is 2.00. The Morgan fingerprint density at radius 2 is 2.19 bits per heavy atom. The van der Waals surface area contributed by atoms with E-state index in [1.807, 2.05) is 19.3 Å². The van der Waals surface area contributed by atoms with Crippen LogP contribution in [0.3, 0.4) is 0 Å². The second-order valence-corrected chi connectivity index (χ2v) is 4.09. The highest BCUT2D eigenvalue weighted by molar-refractivity contribution is 4.88. The van der Waals surface area contributed by atoms with E-state index in [1.54, 1.807) is 0 Å². The van der Waals surface area contributed by atoms with Crippen molar-refractivity contribution in [1.29, 1.82) is 0 Å². The van der Waals surface area contributed by atoms with Crippen LogP contribution in [-0.4, -0.2) is 45.8 Å². The van der Waals surface area contributed by atoms with Gasteiger partial charge >= 0.3 is 0 Å². The van der Waals surface area contributed by atoms with Gasteiger partial charge in [0.1, 0.15) is 5.82 Å². The zero-order chi connectivity index (χ0) is 11.8. The van der Waals surface area contributed by atoms with Gasteiger partial charge in [-0.1, -0.05) is 6.92 Å². The number of hydrogen-bond donors (Lipinski definition) is 1. The molecule has 1 aromatic heterocycles. The summed E-state index contributed by atoms with van der Waals surface area (Å²) in [6.07, 6.45) is 6.11. The molecule has 0 bridgehead atoms. The first kappa shape index (κ1) is 13.2. The van der Waals surface area contributed by atoms with Crippen molar-refractivity contribution in [3.8, 4) is 0 Å². The highest BCUT2D eigenvalue weighted by Gasteiger charge is 2.03. The number of aryl methyl sites for hydroxylation is 2. The van der Waals surface area contributed by atoms with Gasteiger partial charge in [-0.25, -0.2) is 4.98 Å². The van der Waals surface area contributed by atoms with Crippen LogP contribution in [0.4, 0.5) is 0 Å². The van der Waals surface area contributed by atoms with Crippen molar-refractivity contribution in [3.05, 3.63) is 18.2 Å². The number of nitrogens with zero attached hydrogens (tertiary/aromatic N) is 3. The van der Waals surface area contributed by atoms with Crippen molar-refractivity contribution >= 4 is 0 Å². The van der Waals surface area contributed by atoms with E-state index >= 15 is 0 Å². The van der Waals surface area contributed by atoms with Crippen LogP contribution in [0.5, 0.6) is 0 Å². The van der Waals surface area contributed by atoms with Crippen LogP contribution in [0, 0.1) is 6.92 Å². The molecule has 1 rings (SSSR count). The Morgan fingerprint density at radius 3 is 2.75 bits per heavy atom. The van der Waals surface area contributed by atoms with Gasteiger partial charge in [0.2, 0.25) is 0 Å². The molecule has 0 aliphatic rings. The molecule has 0 saturated heterocycles. The van der Waals surface area contributed by atoms with E-state index in [-0.39, 0.29) is 6.61 Å². The van der Waals surface area contributed by atoms with Gasteiger partial charge in [-0.15, -0.1) is 0 Å². The average Bonchev–Trinajstić information content (AvgIpc) is 2.65. The summed E-state index contributed by atoms with van der Waals surface area (Å²) in [5.41, 5.74) is 0. The normalized spacial score (nSPS) is 11.2. The monoisotopic (exact) mass is 225 g/mol. The van der Waals surface area contributed by atoms with Crippen molar-refractivity contribution in [3.63, 3.8) is 0 Å². The summed E-state index contributed by atoms with van der Waals surface area (Å²) in [5.74, 6) is 1.07. The van der Waals surface area contributed by atoms with Gasteiger partial charge in [-0.3, -0.25) is 0 Å². The Labute approximate surface area is 97.9 Å². The van der Waals surface area contributed by atoms with Gasteiger partial charge in [0.15, 0.2) is 0 Å². The quantitative estimate of drug-likeness (QED) is 0.725. The number of hydrogen-bond acceptors (Lipinski definition) is 3. The Bertz CT molecular complexity index is 280. The SMILES string of the molecule is CCCN(CCO)CCCn1ccnc1C. The molecule has 0 aliphatic heterocycles. The second kappa shape index (κ2) is 7.41. The maximum atomic E-state index is 8.93. The third kappa shape index (κ3) is 4.33. The zero-order valence-corrected chi connectivity index (χ0v) is 10.4. The fraction of sp³-hybridized carbons (Fsp3) is 0.750. The van der Waals surface area contributed by atoms with Crippen LogP contribution in [-0.2, 0) is 6.54 Å². The molecule has 1 aromatic rings. The molecule has 0 radical (unpaired) electrons. The van der Waals surface area contributed by atoms with Gasteiger partial charge < -0.3 is 14.6 Å². The molecule has 1 N–H and O–H groups in total. The van der Waals surface area contributed by atoms with E-state index in [4.69, 9.17) is 5.11 Å². The van der Waals surface area contributed by atoms with E-state index in [0.717, 1.165) is 44.8 Å². The number of aliphatic hydroxyl groups excluding tert-OH is 1. The van der Waals surface area contributed by atoms with Crippen LogP contribution in [0.15, 0.2) is 12.4 Å². The maximum absolute atomic E-state index is 8.93. The summed E-state index contributed by atoms with van der Waals surface area (Å²) < 4.78 is 2.17. The lowest BCUT2D eigenvalue weighted by Crippen LogP contribution is -2.29. The standard InChI is InChI=1S/C12H23N3O/c1-3-6-14(10-11-16)7-4-8-15-9-5-13-12(15)2/h5,9,16H,3-4,6-8,10-11H2,1-2H3. The lowest BCUT2D eigenvalue weighted by atomic mass is 10.3. The molecular weight excluding hydrogens is 202 g/mol. The summed E-state index contributed by atoms with van der Waals surface area (Å²) in [7, 11) is 0. The summed E-state index contributed by atoms with van der Waals surface area (Å²) in [4.78, 5) is 6.51. The molecule has 92 valence electrons. The van der Waals surface area contributed by atoms with Crippen molar-refractivity contribution in [1.82, 2.24) is 14.5 Å². The lowest BCUT2D eigenvalue weighted by molar-refractivity contribution is 0.192. The second-order valence-electron chi connectivity index (χ2n) is 4.09. The maximum Gasteiger partial charge on any atom is 0.105 e. The van der Waals surface area contributed by atoms with E-state index < -0.39 is 0 Å². The van der Waals surface area contributed by atoms with Gasteiger partial charge in [-0.05, 0) is 32.9 Å². The number of aliphatic hydroxyl groups is 1. The van der Waals surface area contributed by atoms with Crippen LogP contribution in [0.25, 0.3) is 0 Å². The van der Waals surface area contributed by atoms with Crippen molar-refractivity contribution < 1.29 is 5.11 Å². The molecule has 0 aromatic carbocycles. The number of rotatable bonds is 8. The molecule has 16 heavy (non-hydrogen) atoms. The molecular formula is C12H23N3O. The predicted molar refractivity (Wildman–Crippen MR) is 65.4 cm³/mol. The smallest absolute Gasteiger partial charge is 0.105 e. The topological polar surface area (TPSA) is 41.3 Å². The van der Waals surface area contributed by atoms with Crippen molar-refractivity contribution in [2.75, 3.05) is 26.2 Å². The fourth-order valence-electron chi connectivity index (χ4n) is 1.90. The summed E-state index contributed by atoms with van der Waals surface area (Å²) in [6, 6.07) is 0. The summed E-state index contributed by atoms with van der Waals surface area (Å²) in [6.45, 7) is 8.37. The molecule has 4 nitrogen and oxygen atoms in total. The lowest BCUT2D eigenvalue weighted by Gasteiger charge is -2.20. The fourth-order valence-corrected chi connectivity index (χ4v) is 1.90. The van der Waals surface area contributed by atoms with Crippen LogP contribution in [0.2, 0.25) is 0 Å². The van der Waals surface area contributed by atoms with Gasteiger partial charge in [0.25, 0.3) is 0 Å². The first-order chi connectivity index (χ1) is 7.77. The van der Waals surface area contributed by atoms with Gasteiger partial charge in [0.05, 0.1) is 6.61 Å². The summed E-state index contributed by atoms with van der Waals surface area (Å²) in [5, 5.41) is 8.93. The first-order valence-electron chi connectivity index (χ1n) is 6.09. The van der Waals surface area contributed by atoms with Crippen molar-refractivity contribution in [2.45, 2.75) is 33.2 Å². The van der Waals surface area contributed by atoms with Crippen molar-refractivity contribution in [2.24, 2.45) is 0 Å². The van der Waals surface area contributed by atoms with E-state index in [0.29, 0.717) is 0 Å². The highest BCUT2D eigenvalue weighted by atomic mass is 16.3.